The van der Waals surface area contributed by atoms with E-state index >= 15 is 0 Å². The summed E-state index contributed by atoms with van der Waals surface area (Å²) in [6.45, 7) is 5.43. The van der Waals surface area contributed by atoms with Crippen molar-refractivity contribution in [3.05, 3.63) is 47.0 Å². The van der Waals surface area contributed by atoms with Crippen molar-refractivity contribution in [2.75, 3.05) is 4.90 Å². The van der Waals surface area contributed by atoms with Gasteiger partial charge in [0, 0.05) is 23.8 Å². The fraction of sp³-hybridized carbons (Fsp3) is 0.438. The molecule has 1 saturated carbocycles. The number of aryl methyl sites for hydroxylation is 2. The molecule has 1 aliphatic rings. The van der Waals surface area contributed by atoms with Gasteiger partial charge in [0.2, 0.25) is 0 Å². The molecule has 0 atom stereocenters. The minimum absolute atomic E-state index is 0.524. The average Bonchev–Trinajstić information content (AvgIpc) is 3.12. The lowest BCUT2D eigenvalue weighted by Crippen LogP contribution is -2.28. The maximum atomic E-state index is 5.94. The van der Waals surface area contributed by atoms with Crippen LogP contribution in [0, 0.1) is 13.8 Å². The number of hydrogen-bond donors (Lipinski definition) is 1. The summed E-state index contributed by atoms with van der Waals surface area (Å²) in [5.74, 6) is 2.00. The van der Waals surface area contributed by atoms with Crippen LogP contribution in [0.5, 0.6) is 0 Å². The molecule has 4 nitrogen and oxygen atoms in total. The molecule has 0 amide bonds. The maximum absolute atomic E-state index is 5.94. The van der Waals surface area contributed by atoms with Crippen molar-refractivity contribution >= 4 is 5.82 Å². The molecule has 0 bridgehead atoms. The Morgan fingerprint density at radius 3 is 2.80 bits per heavy atom. The number of rotatable bonds is 5. The highest BCUT2D eigenvalue weighted by Gasteiger charge is 2.32. The van der Waals surface area contributed by atoms with Gasteiger partial charge in [0.25, 0.3) is 0 Å². The molecule has 20 heavy (non-hydrogen) atoms. The van der Waals surface area contributed by atoms with E-state index in [0.717, 1.165) is 29.4 Å². The molecule has 3 rings (SSSR count). The van der Waals surface area contributed by atoms with Gasteiger partial charge >= 0.3 is 0 Å². The molecule has 0 aromatic carbocycles. The van der Waals surface area contributed by atoms with Gasteiger partial charge < -0.3 is 15.1 Å². The van der Waals surface area contributed by atoms with Crippen molar-refractivity contribution in [1.82, 2.24) is 4.98 Å². The molecule has 0 radical (unpaired) electrons. The summed E-state index contributed by atoms with van der Waals surface area (Å²) in [6, 6.07) is 6.61. The maximum Gasteiger partial charge on any atom is 0.134 e. The second-order valence-electron chi connectivity index (χ2n) is 5.53. The lowest BCUT2D eigenvalue weighted by molar-refractivity contribution is 0.499. The molecule has 1 aliphatic carbocycles. The van der Waals surface area contributed by atoms with Gasteiger partial charge in [-0.25, -0.2) is 4.98 Å². The molecule has 0 aliphatic heterocycles. The molecule has 2 aromatic rings. The summed E-state index contributed by atoms with van der Waals surface area (Å²) in [6.07, 6.45) is 4.16. The van der Waals surface area contributed by atoms with Crippen molar-refractivity contribution in [1.29, 1.82) is 0 Å². The highest BCUT2D eigenvalue weighted by Crippen LogP contribution is 2.35. The minimum atomic E-state index is 0.524. The van der Waals surface area contributed by atoms with E-state index in [4.69, 9.17) is 15.1 Å². The van der Waals surface area contributed by atoms with Gasteiger partial charge in [-0.2, -0.15) is 0 Å². The summed E-state index contributed by atoms with van der Waals surface area (Å²) < 4.78 is 5.50. The Hall–Kier alpha value is -1.81. The first-order valence-corrected chi connectivity index (χ1v) is 7.15. The monoisotopic (exact) mass is 271 g/mol. The van der Waals surface area contributed by atoms with Crippen LogP contribution in [0.3, 0.4) is 0 Å². The van der Waals surface area contributed by atoms with Gasteiger partial charge in [-0.1, -0.05) is 0 Å². The van der Waals surface area contributed by atoms with Gasteiger partial charge in [0.1, 0.15) is 11.6 Å². The second kappa shape index (κ2) is 5.29. The summed E-state index contributed by atoms with van der Waals surface area (Å²) in [7, 11) is 0. The van der Waals surface area contributed by atoms with Crippen molar-refractivity contribution < 1.29 is 4.42 Å². The molecular formula is C16H21N3O. The van der Waals surface area contributed by atoms with Gasteiger partial charge in [0.15, 0.2) is 0 Å². The molecule has 2 heterocycles. The topological polar surface area (TPSA) is 55.3 Å². The number of pyridine rings is 1. The minimum Gasteiger partial charge on any atom is -0.467 e. The van der Waals surface area contributed by atoms with Crippen LogP contribution in [0.25, 0.3) is 0 Å². The molecular weight excluding hydrogens is 250 g/mol. The van der Waals surface area contributed by atoms with Crippen LogP contribution in [0.2, 0.25) is 0 Å². The Balaban J connectivity index is 1.98. The smallest absolute Gasteiger partial charge is 0.134 e. The highest BCUT2D eigenvalue weighted by atomic mass is 16.3. The third kappa shape index (κ3) is 2.56. The number of nitrogens with zero attached hydrogens (tertiary/aromatic N) is 2. The third-order valence-electron chi connectivity index (χ3n) is 3.82. The number of furan rings is 1. The molecule has 0 spiro atoms. The van der Waals surface area contributed by atoms with E-state index in [2.05, 4.69) is 17.9 Å². The summed E-state index contributed by atoms with van der Waals surface area (Å²) in [5.41, 5.74) is 9.35. The summed E-state index contributed by atoms with van der Waals surface area (Å²) in [4.78, 5) is 7.10. The first-order chi connectivity index (χ1) is 9.69. The normalized spacial score (nSPS) is 14.6. The van der Waals surface area contributed by atoms with Crippen molar-refractivity contribution in [3.63, 3.8) is 0 Å². The number of anilines is 1. The van der Waals surface area contributed by atoms with Gasteiger partial charge in [0.05, 0.1) is 12.8 Å². The van der Waals surface area contributed by atoms with Crippen LogP contribution < -0.4 is 10.6 Å². The van der Waals surface area contributed by atoms with Crippen LogP contribution in [0.1, 0.15) is 35.4 Å². The van der Waals surface area contributed by atoms with E-state index in [9.17, 15) is 0 Å². The Labute approximate surface area is 119 Å². The first kappa shape index (κ1) is 13.2. The summed E-state index contributed by atoms with van der Waals surface area (Å²) >= 11 is 0. The van der Waals surface area contributed by atoms with E-state index in [1.165, 1.54) is 18.4 Å². The van der Waals surface area contributed by atoms with E-state index in [-0.39, 0.29) is 0 Å². The number of hydrogen-bond acceptors (Lipinski definition) is 4. The lowest BCUT2D eigenvalue weighted by atomic mass is 10.1. The predicted octanol–water partition coefficient (Wildman–Crippen LogP) is 2.92. The van der Waals surface area contributed by atoms with Crippen molar-refractivity contribution in [2.45, 2.75) is 45.8 Å². The average molecular weight is 271 g/mol. The standard InChI is InChI=1S/C16H21N3O/c1-11-8-12(2)18-16(15(11)9-17)19(13-5-6-13)10-14-4-3-7-20-14/h3-4,7-8,13H,5-6,9-10,17H2,1-2H3. The largest absolute Gasteiger partial charge is 0.467 e. The first-order valence-electron chi connectivity index (χ1n) is 7.15. The Kier molecular flexibility index (Phi) is 3.49. The zero-order valence-corrected chi connectivity index (χ0v) is 12.1. The van der Waals surface area contributed by atoms with Crippen molar-refractivity contribution in [3.8, 4) is 0 Å². The Morgan fingerprint density at radius 1 is 1.40 bits per heavy atom. The quantitative estimate of drug-likeness (QED) is 0.908. The van der Waals surface area contributed by atoms with Gasteiger partial charge in [-0.15, -0.1) is 0 Å². The van der Waals surface area contributed by atoms with Crippen LogP contribution >= 0.6 is 0 Å². The fourth-order valence-electron chi connectivity index (χ4n) is 2.67. The molecule has 0 saturated heterocycles. The van der Waals surface area contributed by atoms with Crippen LogP contribution in [-0.2, 0) is 13.1 Å². The SMILES string of the molecule is Cc1cc(C)c(CN)c(N(Cc2ccco2)C2CC2)n1. The molecule has 0 unspecified atom stereocenters. The third-order valence-corrected chi connectivity index (χ3v) is 3.82. The second-order valence-corrected chi connectivity index (χ2v) is 5.53. The molecule has 2 N–H and O–H groups in total. The van der Waals surface area contributed by atoms with Gasteiger partial charge in [-0.05, 0) is 50.5 Å². The Bertz CT molecular complexity index is 588. The molecule has 106 valence electrons. The molecule has 1 fully saturated rings. The molecule has 2 aromatic heterocycles. The highest BCUT2D eigenvalue weighted by molar-refractivity contribution is 5.53. The van der Waals surface area contributed by atoms with Crippen LogP contribution in [0.4, 0.5) is 5.82 Å². The van der Waals surface area contributed by atoms with E-state index in [1.54, 1.807) is 6.26 Å². The predicted molar refractivity (Wildman–Crippen MR) is 79.5 cm³/mol. The molecule has 4 heteroatoms. The van der Waals surface area contributed by atoms with E-state index in [0.29, 0.717) is 12.6 Å². The zero-order valence-electron chi connectivity index (χ0n) is 12.1. The number of aromatic nitrogens is 1. The van der Waals surface area contributed by atoms with E-state index in [1.807, 2.05) is 19.1 Å². The summed E-state index contributed by atoms with van der Waals surface area (Å²) in [5, 5.41) is 0. The van der Waals surface area contributed by atoms with Crippen LogP contribution in [0.15, 0.2) is 28.9 Å². The van der Waals surface area contributed by atoms with Crippen LogP contribution in [-0.4, -0.2) is 11.0 Å². The Morgan fingerprint density at radius 2 is 2.20 bits per heavy atom. The number of nitrogens with two attached hydrogens (primary N) is 1. The zero-order chi connectivity index (χ0) is 14.1. The fourth-order valence-corrected chi connectivity index (χ4v) is 2.67. The van der Waals surface area contributed by atoms with E-state index < -0.39 is 0 Å². The van der Waals surface area contributed by atoms with Gasteiger partial charge in [-0.3, -0.25) is 0 Å². The van der Waals surface area contributed by atoms with Crippen molar-refractivity contribution in [2.24, 2.45) is 5.73 Å². The lowest BCUT2D eigenvalue weighted by Gasteiger charge is -2.26.